The van der Waals surface area contributed by atoms with Crippen molar-refractivity contribution in [2.75, 3.05) is 19.7 Å². The molecular weight excluding hydrogens is 324 g/mol. The quantitative estimate of drug-likeness (QED) is 0.798. The summed E-state index contributed by atoms with van der Waals surface area (Å²) >= 11 is 1.71. The van der Waals surface area contributed by atoms with Crippen molar-refractivity contribution in [3.05, 3.63) is 29.3 Å². The van der Waals surface area contributed by atoms with E-state index in [2.05, 4.69) is 6.07 Å². The number of carbonyl (C=O) groups excluding carboxylic acids is 2. The molecule has 0 aliphatic carbocycles. The van der Waals surface area contributed by atoms with Crippen LogP contribution in [0.2, 0.25) is 0 Å². The third-order valence-corrected chi connectivity index (χ3v) is 5.44. The van der Waals surface area contributed by atoms with E-state index in [9.17, 15) is 9.59 Å². The molecular formula is C18H22N2O3S. The average Bonchev–Trinajstić information content (AvgIpc) is 3.03. The van der Waals surface area contributed by atoms with Gasteiger partial charge in [0.1, 0.15) is 0 Å². The molecule has 2 heterocycles. The zero-order chi connectivity index (χ0) is 17.1. The molecule has 0 radical (unpaired) electrons. The Bertz CT molecular complexity index is 708. The lowest BCUT2D eigenvalue weighted by Crippen LogP contribution is -2.41. The summed E-state index contributed by atoms with van der Waals surface area (Å²) in [4.78, 5) is 30.3. The van der Waals surface area contributed by atoms with Gasteiger partial charge < -0.3 is 9.64 Å². The number of rotatable bonds is 4. The second-order valence-electron chi connectivity index (χ2n) is 6.46. The molecule has 1 aromatic heterocycles. The summed E-state index contributed by atoms with van der Waals surface area (Å²) in [6.45, 7) is 4.73. The number of hydrogen-bond acceptors (Lipinski definition) is 5. The summed E-state index contributed by atoms with van der Waals surface area (Å²) in [6, 6.07) is 8.11. The first kappa shape index (κ1) is 16.9. The third-order valence-electron chi connectivity index (χ3n) is 4.24. The normalized spacial score (nSPS) is 18.1. The average molecular weight is 346 g/mol. The van der Waals surface area contributed by atoms with Crippen LogP contribution in [-0.4, -0.2) is 41.5 Å². The summed E-state index contributed by atoms with van der Waals surface area (Å²) in [7, 11) is 0. The van der Waals surface area contributed by atoms with Gasteiger partial charge in [-0.3, -0.25) is 9.59 Å². The van der Waals surface area contributed by atoms with Gasteiger partial charge in [0.25, 0.3) is 5.91 Å². The van der Waals surface area contributed by atoms with Crippen molar-refractivity contribution >= 4 is 33.4 Å². The van der Waals surface area contributed by atoms with Crippen molar-refractivity contribution in [2.45, 2.75) is 32.6 Å². The first-order valence-corrected chi connectivity index (χ1v) is 9.16. The van der Waals surface area contributed by atoms with Crippen molar-refractivity contribution < 1.29 is 14.3 Å². The Hall–Kier alpha value is -1.95. The van der Waals surface area contributed by atoms with Crippen LogP contribution in [0.5, 0.6) is 0 Å². The first-order chi connectivity index (χ1) is 11.5. The van der Waals surface area contributed by atoms with Gasteiger partial charge in [0.05, 0.1) is 21.1 Å². The van der Waals surface area contributed by atoms with Crippen LogP contribution in [0.15, 0.2) is 24.3 Å². The number of hydrogen-bond donors (Lipinski definition) is 0. The molecule has 0 bridgehead atoms. The number of piperidine rings is 1. The molecule has 1 aliphatic rings. The number of esters is 1. The zero-order valence-electron chi connectivity index (χ0n) is 14.0. The van der Waals surface area contributed by atoms with Gasteiger partial charge >= 0.3 is 5.97 Å². The number of fused-ring (bicyclic) bond motifs is 1. The topological polar surface area (TPSA) is 59.5 Å². The lowest BCUT2D eigenvalue weighted by molar-refractivity contribution is -0.155. The van der Waals surface area contributed by atoms with E-state index >= 15 is 0 Å². The van der Waals surface area contributed by atoms with E-state index < -0.39 is 0 Å². The smallest absolute Gasteiger partial charge is 0.308 e. The predicted molar refractivity (Wildman–Crippen MR) is 94.0 cm³/mol. The molecule has 3 rings (SSSR count). The van der Waals surface area contributed by atoms with Crippen LogP contribution in [-0.2, 0) is 14.3 Å². The minimum Gasteiger partial charge on any atom is -0.455 e. The second kappa shape index (κ2) is 7.30. The number of aromatic nitrogens is 1. The van der Waals surface area contributed by atoms with Crippen LogP contribution in [0.3, 0.4) is 0 Å². The van der Waals surface area contributed by atoms with Gasteiger partial charge in [-0.1, -0.05) is 26.0 Å². The lowest BCUT2D eigenvalue weighted by Gasteiger charge is -2.31. The van der Waals surface area contributed by atoms with E-state index in [4.69, 9.17) is 9.72 Å². The maximum absolute atomic E-state index is 12.3. The standard InChI is InChI=1S/C18H22N2O3S/c1-12(2)18(22)23-11-16(21)20-9-5-6-13(10-20)17-19-14-7-3-4-8-15(14)24-17/h3-4,7-8,12-13H,5-6,9-11H2,1-2H3/t13-/m1/s1. The Balaban J connectivity index is 1.63. The SMILES string of the molecule is CC(C)C(=O)OCC(=O)N1CCC[C@@H](c2nc3ccccc3s2)C1. The summed E-state index contributed by atoms with van der Waals surface area (Å²) in [6.07, 6.45) is 1.99. The van der Waals surface area contributed by atoms with E-state index in [0.717, 1.165) is 29.9 Å². The van der Waals surface area contributed by atoms with E-state index in [0.29, 0.717) is 6.54 Å². The molecule has 0 unspecified atom stereocenters. The highest BCUT2D eigenvalue weighted by Crippen LogP contribution is 2.32. The summed E-state index contributed by atoms with van der Waals surface area (Å²) in [5, 5.41) is 1.09. The van der Waals surface area contributed by atoms with E-state index in [1.807, 2.05) is 18.2 Å². The van der Waals surface area contributed by atoms with Crippen LogP contribution >= 0.6 is 11.3 Å². The maximum atomic E-state index is 12.3. The Morgan fingerprint density at radius 3 is 2.92 bits per heavy atom. The largest absolute Gasteiger partial charge is 0.455 e. The number of benzene rings is 1. The number of thiazole rings is 1. The Labute approximate surface area is 145 Å². The summed E-state index contributed by atoms with van der Waals surface area (Å²) < 4.78 is 6.25. The molecule has 1 atom stereocenters. The highest BCUT2D eigenvalue weighted by atomic mass is 32.1. The maximum Gasteiger partial charge on any atom is 0.308 e. The molecule has 1 saturated heterocycles. The van der Waals surface area contributed by atoms with Crippen molar-refractivity contribution in [3.63, 3.8) is 0 Å². The van der Waals surface area contributed by atoms with Crippen LogP contribution in [0, 0.1) is 5.92 Å². The summed E-state index contributed by atoms with van der Waals surface area (Å²) in [5.41, 5.74) is 1.02. The van der Waals surface area contributed by atoms with Gasteiger partial charge in [-0.05, 0) is 25.0 Å². The molecule has 1 aliphatic heterocycles. The van der Waals surface area contributed by atoms with Crippen LogP contribution in [0.25, 0.3) is 10.2 Å². The van der Waals surface area contributed by atoms with Crippen LogP contribution in [0.4, 0.5) is 0 Å². The molecule has 1 aromatic carbocycles. The van der Waals surface area contributed by atoms with Gasteiger partial charge in [0.15, 0.2) is 6.61 Å². The molecule has 0 spiro atoms. The van der Waals surface area contributed by atoms with Gasteiger partial charge in [0.2, 0.25) is 0 Å². The second-order valence-corrected chi connectivity index (χ2v) is 7.52. The highest BCUT2D eigenvalue weighted by molar-refractivity contribution is 7.18. The number of likely N-dealkylation sites (tertiary alicyclic amines) is 1. The van der Waals surface area contributed by atoms with Crippen molar-refractivity contribution in [2.24, 2.45) is 5.92 Å². The highest BCUT2D eigenvalue weighted by Gasteiger charge is 2.27. The molecule has 1 fully saturated rings. The van der Waals surface area contributed by atoms with Crippen molar-refractivity contribution in [3.8, 4) is 0 Å². The minimum atomic E-state index is -0.330. The molecule has 0 N–H and O–H groups in total. The number of amides is 1. The summed E-state index contributed by atoms with van der Waals surface area (Å²) in [5.74, 6) is -0.395. The minimum absolute atomic E-state index is 0.116. The van der Waals surface area contributed by atoms with E-state index in [-0.39, 0.29) is 30.3 Å². The fourth-order valence-corrected chi connectivity index (χ4v) is 3.95. The van der Waals surface area contributed by atoms with E-state index in [1.165, 1.54) is 4.70 Å². The van der Waals surface area contributed by atoms with Crippen LogP contribution in [0.1, 0.15) is 37.6 Å². The molecule has 5 nitrogen and oxygen atoms in total. The van der Waals surface area contributed by atoms with E-state index in [1.54, 1.807) is 30.1 Å². The van der Waals surface area contributed by atoms with Gasteiger partial charge in [-0.15, -0.1) is 11.3 Å². The molecule has 128 valence electrons. The molecule has 0 saturated carbocycles. The van der Waals surface area contributed by atoms with Crippen molar-refractivity contribution in [1.82, 2.24) is 9.88 Å². The first-order valence-electron chi connectivity index (χ1n) is 8.34. The molecule has 2 aromatic rings. The fourth-order valence-electron chi connectivity index (χ4n) is 2.86. The lowest BCUT2D eigenvalue weighted by atomic mass is 9.99. The monoisotopic (exact) mass is 346 g/mol. The number of ether oxygens (including phenoxy) is 1. The number of para-hydroxylation sites is 1. The zero-order valence-corrected chi connectivity index (χ0v) is 14.8. The number of nitrogens with zero attached hydrogens (tertiary/aromatic N) is 2. The van der Waals surface area contributed by atoms with Gasteiger partial charge in [-0.25, -0.2) is 4.98 Å². The molecule has 24 heavy (non-hydrogen) atoms. The Morgan fingerprint density at radius 1 is 1.38 bits per heavy atom. The van der Waals surface area contributed by atoms with Gasteiger partial charge in [-0.2, -0.15) is 0 Å². The number of carbonyl (C=O) groups is 2. The predicted octanol–water partition coefficient (Wildman–Crippen LogP) is 3.20. The van der Waals surface area contributed by atoms with Crippen LogP contribution < -0.4 is 0 Å². The van der Waals surface area contributed by atoms with Crippen molar-refractivity contribution in [1.29, 1.82) is 0 Å². The molecule has 6 heteroatoms. The molecule has 1 amide bonds. The fraction of sp³-hybridized carbons (Fsp3) is 0.500. The van der Waals surface area contributed by atoms with Gasteiger partial charge in [0, 0.05) is 19.0 Å². The Kier molecular flexibility index (Phi) is 5.14. The third kappa shape index (κ3) is 3.75. The Morgan fingerprint density at radius 2 is 2.17 bits per heavy atom.